The lowest BCUT2D eigenvalue weighted by Crippen LogP contribution is -2.02. The number of hydrogen-bond donors (Lipinski definition) is 1. The van der Waals surface area contributed by atoms with Crippen LogP contribution in [0, 0.1) is 11.3 Å². The first-order valence-corrected chi connectivity index (χ1v) is 3.79. The van der Waals surface area contributed by atoms with Crippen LogP contribution in [0.5, 0.6) is 0 Å². The van der Waals surface area contributed by atoms with Crippen molar-refractivity contribution < 1.29 is 9.15 Å². The normalized spacial score (nSPS) is 12.3. The Balaban J connectivity index is 2.82. The topological polar surface area (TPSA) is 84.5 Å². The van der Waals surface area contributed by atoms with E-state index in [2.05, 4.69) is 9.73 Å². The minimum Gasteiger partial charge on any atom is -0.481 e. The van der Waals surface area contributed by atoms with E-state index in [1.165, 1.54) is 19.6 Å². The first kappa shape index (κ1) is 9.86. The maximum atomic E-state index is 8.64. The molecule has 72 valence electrons. The fourth-order valence-corrected chi connectivity index (χ4v) is 0.737. The highest BCUT2D eigenvalue weighted by Crippen LogP contribution is 2.02. The van der Waals surface area contributed by atoms with Gasteiger partial charge in [-0.1, -0.05) is 0 Å². The summed E-state index contributed by atoms with van der Waals surface area (Å²) in [7, 11) is 1.37. The first-order valence-electron chi connectivity index (χ1n) is 3.79. The fourth-order valence-electron chi connectivity index (χ4n) is 0.737. The molecule has 1 heterocycles. The van der Waals surface area contributed by atoms with Gasteiger partial charge in [0.2, 0.25) is 5.88 Å². The molecule has 0 aromatic carbocycles. The van der Waals surface area contributed by atoms with Crippen LogP contribution in [0.25, 0.3) is 0 Å². The van der Waals surface area contributed by atoms with E-state index in [1.54, 1.807) is 18.2 Å². The third kappa shape index (κ3) is 2.38. The predicted octanol–water partition coefficient (Wildman–Crippen LogP) is 0.996. The summed E-state index contributed by atoms with van der Waals surface area (Å²) in [6, 6.07) is 5.23. The summed E-state index contributed by atoms with van der Waals surface area (Å²) in [4.78, 5) is 3.81. The number of furan rings is 1. The molecule has 1 aromatic rings. The van der Waals surface area contributed by atoms with E-state index in [9.17, 15) is 0 Å². The van der Waals surface area contributed by atoms with E-state index >= 15 is 0 Å². The summed E-state index contributed by atoms with van der Waals surface area (Å²) in [5.74, 6) is 0.525. The third-order valence-electron chi connectivity index (χ3n) is 1.42. The van der Waals surface area contributed by atoms with Crippen LogP contribution in [0.15, 0.2) is 39.4 Å². The molecule has 0 aliphatic rings. The van der Waals surface area contributed by atoms with E-state index < -0.39 is 0 Å². The van der Waals surface area contributed by atoms with Crippen LogP contribution in [-0.2, 0) is 4.74 Å². The molecule has 0 aliphatic heterocycles. The number of methoxy groups -OCH3 is 1. The Morgan fingerprint density at radius 1 is 1.79 bits per heavy atom. The van der Waals surface area contributed by atoms with Crippen molar-refractivity contribution >= 4 is 6.21 Å². The van der Waals surface area contributed by atoms with Gasteiger partial charge < -0.3 is 14.9 Å². The molecule has 0 amide bonds. The highest BCUT2D eigenvalue weighted by atomic mass is 16.5. The van der Waals surface area contributed by atoms with Crippen molar-refractivity contribution in [2.45, 2.75) is 0 Å². The summed E-state index contributed by atoms with van der Waals surface area (Å²) in [5.41, 5.74) is 5.38. The third-order valence-corrected chi connectivity index (χ3v) is 1.42. The zero-order valence-corrected chi connectivity index (χ0v) is 7.60. The summed E-state index contributed by atoms with van der Waals surface area (Å²) < 4.78 is 9.64. The van der Waals surface area contributed by atoms with Crippen LogP contribution in [0.3, 0.4) is 0 Å². The predicted molar refractivity (Wildman–Crippen MR) is 50.1 cm³/mol. The fraction of sp³-hybridized carbons (Fsp3) is 0.111. The number of rotatable bonds is 3. The number of nitrogens with zero attached hydrogens (tertiary/aromatic N) is 2. The Bertz CT molecular complexity index is 385. The van der Waals surface area contributed by atoms with Crippen molar-refractivity contribution in [2.75, 3.05) is 7.11 Å². The summed E-state index contributed by atoms with van der Waals surface area (Å²) in [6.07, 6.45) is 2.90. The zero-order valence-electron chi connectivity index (χ0n) is 7.60. The molecular formula is C9H9N3O2. The molecule has 5 heteroatoms. The second-order valence-electron chi connectivity index (χ2n) is 2.30. The van der Waals surface area contributed by atoms with Gasteiger partial charge in [-0.25, -0.2) is 4.99 Å². The highest BCUT2D eigenvalue weighted by Gasteiger charge is 1.99. The molecule has 0 aliphatic carbocycles. The monoisotopic (exact) mass is 191 g/mol. The number of ether oxygens (including phenoxy) is 1. The Morgan fingerprint density at radius 3 is 3.07 bits per heavy atom. The summed E-state index contributed by atoms with van der Waals surface area (Å²) >= 11 is 0. The van der Waals surface area contributed by atoms with Crippen molar-refractivity contribution in [3.8, 4) is 6.07 Å². The van der Waals surface area contributed by atoms with Crippen molar-refractivity contribution in [2.24, 2.45) is 10.7 Å². The van der Waals surface area contributed by atoms with Gasteiger partial charge in [0, 0.05) is 0 Å². The Kier molecular flexibility index (Phi) is 3.33. The van der Waals surface area contributed by atoms with Gasteiger partial charge in [0.25, 0.3) is 0 Å². The molecule has 0 atom stereocenters. The van der Waals surface area contributed by atoms with Crippen LogP contribution in [0.1, 0.15) is 5.76 Å². The van der Waals surface area contributed by atoms with Gasteiger partial charge in [-0.3, -0.25) is 0 Å². The zero-order chi connectivity index (χ0) is 10.4. The number of allylic oxidation sites excluding steroid dienone is 1. The number of aliphatic imine (C=N–C) groups is 1. The maximum Gasteiger partial charge on any atom is 0.221 e. The first-order chi connectivity index (χ1) is 6.77. The largest absolute Gasteiger partial charge is 0.481 e. The van der Waals surface area contributed by atoms with E-state index in [0.29, 0.717) is 5.76 Å². The van der Waals surface area contributed by atoms with Gasteiger partial charge in [0.15, 0.2) is 5.70 Å². The molecule has 0 fully saturated rings. The molecular weight excluding hydrogens is 182 g/mol. The Labute approximate surface area is 81.1 Å². The number of nitrogens with two attached hydrogens (primary N) is 1. The minimum absolute atomic E-state index is 0.0175. The van der Waals surface area contributed by atoms with Crippen LogP contribution < -0.4 is 5.73 Å². The maximum absolute atomic E-state index is 8.64. The van der Waals surface area contributed by atoms with E-state index in [1.807, 2.05) is 0 Å². The van der Waals surface area contributed by atoms with E-state index in [0.717, 1.165) is 0 Å². The average Bonchev–Trinajstić information content (AvgIpc) is 2.71. The second kappa shape index (κ2) is 4.72. The molecule has 0 spiro atoms. The van der Waals surface area contributed by atoms with Crippen LogP contribution >= 0.6 is 0 Å². The molecule has 0 radical (unpaired) electrons. The lowest BCUT2D eigenvalue weighted by atomic mass is 10.4. The molecule has 2 N–H and O–H groups in total. The van der Waals surface area contributed by atoms with Gasteiger partial charge >= 0.3 is 0 Å². The van der Waals surface area contributed by atoms with Crippen molar-refractivity contribution in [1.82, 2.24) is 0 Å². The van der Waals surface area contributed by atoms with Crippen molar-refractivity contribution in [1.29, 1.82) is 5.26 Å². The number of nitriles is 1. The number of hydrogen-bond acceptors (Lipinski definition) is 5. The van der Waals surface area contributed by atoms with Crippen molar-refractivity contribution in [3.63, 3.8) is 0 Å². The smallest absolute Gasteiger partial charge is 0.221 e. The highest BCUT2D eigenvalue weighted by molar-refractivity contribution is 5.77. The van der Waals surface area contributed by atoms with Crippen LogP contribution in [-0.4, -0.2) is 13.3 Å². The standard InChI is InChI=1S/C9H9N3O2/c1-13-9(11)8(5-10)12-6-7-3-2-4-14-7/h2-4,6H,11H2,1H3/b9-8+,12-6?. The minimum atomic E-state index is -0.0182. The van der Waals surface area contributed by atoms with Gasteiger partial charge in [0.05, 0.1) is 19.6 Å². The van der Waals surface area contributed by atoms with Gasteiger partial charge in [-0.15, -0.1) is 0 Å². The molecule has 5 nitrogen and oxygen atoms in total. The quantitative estimate of drug-likeness (QED) is 0.438. The van der Waals surface area contributed by atoms with Crippen LogP contribution in [0.2, 0.25) is 0 Å². The van der Waals surface area contributed by atoms with E-state index in [4.69, 9.17) is 15.4 Å². The lowest BCUT2D eigenvalue weighted by Gasteiger charge is -1.97. The molecule has 0 saturated carbocycles. The molecule has 0 bridgehead atoms. The Morgan fingerprint density at radius 2 is 2.57 bits per heavy atom. The van der Waals surface area contributed by atoms with E-state index in [-0.39, 0.29) is 11.6 Å². The summed E-state index contributed by atoms with van der Waals surface area (Å²) in [5, 5.41) is 8.64. The second-order valence-corrected chi connectivity index (χ2v) is 2.30. The average molecular weight is 191 g/mol. The van der Waals surface area contributed by atoms with Crippen LogP contribution in [0.4, 0.5) is 0 Å². The molecule has 0 unspecified atom stereocenters. The molecule has 1 aromatic heterocycles. The molecule has 0 saturated heterocycles. The Hall–Kier alpha value is -2.22. The molecule has 1 rings (SSSR count). The summed E-state index contributed by atoms with van der Waals surface area (Å²) in [6.45, 7) is 0. The van der Waals surface area contributed by atoms with Gasteiger partial charge in [0.1, 0.15) is 11.8 Å². The molecule has 14 heavy (non-hydrogen) atoms. The van der Waals surface area contributed by atoms with Gasteiger partial charge in [-0.2, -0.15) is 5.26 Å². The lowest BCUT2D eigenvalue weighted by molar-refractivity contribution is 0.284. The van der Waals surface area contributed by atoms with Crippen molar-refractivity contribution in [3.05, 3.63) is 35.7 Å². The van der Waals surface area contributed by atoms with Gasteiger partial charge in [-0.05, 0) is 12.1 Å². The SMILES string of the molecule is CO/C(N)=C(\C#N)N=Cc1ccco1.